The third kappa shape index (κ3) is 6.14. The highest BCUT2D eigenvalue weighted by molar-refractivity contribution is 7.80. The molecule has 1 rings (SSSR count). The van der Waals surface area contributed by atoms with Gasteiger partial charge in [0.1, 0.15) is 11.5 Å². The molecular formula is C13H22O4S. The van der Waals surface area contributed by atoms with E-state index in [1.807, 2.05) is 20.8 Å². The van der Waals surface area contributed by atoms with Gasteiger partial charge in [0.05, 0.1) is 12.7 Å². The van der Waals surface area contributed by atoms with Crippen LogP contribution in [0.1, 0.15) is 26.3 Å². The Morgan fingerprint density at radius 3 is 2.06 bits per heavy atom. The molecule has 1 unspecified atom stereocenters. The summed E-state index contributed by atoms with van der Waals surface area (Å²) in [7, 11) is 0. The molecule has 0 aliphatic heterocycles. The van der Waals surface area contributed by atoms with Gasteiger partial charge in [-0.1, -0.05) is 20.8 Å². The number of phenols is 2. The van der Waals surface area contributed by atoms with Crippen LogP contribution in [0, 0.1) is 0 Å². The number of hydrogen-bond acceptors (Lipinski definition) is 5. The lowest BCUT2D eigenvalue weighted by Crippen LogP contribution is -2.12. The van der Waals surface area contributed by atoms with Crippen LogP contribution >= 0.6 is 12.6 Å². The predicted octanol–water partition coefficient (Wildman–Crippen LogP) is 1.66. The van der Waals surface area contributed by atoms with Gasteiger partial charge in [0, 0.05) is 11.3 Å². The van der Waals surface area contributed by atoms with E-state index in [2.05, 4.69) is 12.6 Å². The zero-order chi connectivity index (χ0) is 14.3. The number of phenolic OH excluding ortho intramolecular Hbond substituents is 2. The van der Waals surface area contributed by atoms with Crippen molar-refractivity contribution in [2.24, 2.45) is 0 Å². The number of aliphatic hydroxyl groups excluding tert-OH is 2. The van der Waals surface area contributed by atoms with E-state index >= 15 is 0 Å². The van der Waals surface area contributed by atoms with Gasteiger partial charge in [-0.15, -0.1) is 0 Å². The Labute approximate surface area is 113 Å². The molecule has 0 heterocycles. The average Bonchev–Trinajstić information content (AvgIpc) is 2.30. The van der Waals surface area contributed by atoms with Crippen LogP contribution in [-0.4, -0.2) is 38.9 Å². The maximum atomic E-state index is 9.46. The maximum Gasteiger partial charge on any atom is 0.119 e. The van der Waals surface area contributed by atoms with Crippen LogP contribution in [0.25, 0.3) is 0 Å². The third-order valence-corrected chi connectivity index (χ3v) is 2.63. The van der Waals surface area contributed by atoms with Crippen LogP contribution in [0.5, 0.6) is 11.5 Å². The second-order valence-electron chi connectivity index (χ2n) is 4.97. The minimum absolute atomic E-state index is 0.136. The zero-order valence-electron chi connectivity index (χ0n) is 11.0. The largest absolute Gasteiger partial charge is 0.508 e. The number of benzene rings is 1. The van der Waals surface area contributed by atoms with Crippen molar-refractivity contribution >= 4 is 12.6 Å². The fourth-order valence-corrected chi connectivity index (χ4v) is 1.30. The molecule has 4 N–H and O–H groups in total. The summed E-state index contributed by atoms with van der Waals surface area (Å²) in [5, 5.41) is 35.0. The van der Waals surface area contributed by atoms with E-state index < -0.39 is 6.10 Å². The fraction of sp³-hybridized carbons (Fsp3) is 0.538. The Hall–Kier alpha value is -0.910. The highest BCUT2D eigenvalue weighted by atomic mass is 32.1. The molecule has 4 nitrogen and oxygen atoms in total. The van der Waals surface area contributed by atoms with Gasteiger partial charge in [-0.25, -0.2) is 0 Å². The van der Waals surface area contributed by atoms with Gasteiger partial charge in [-0.3, -0.25) is 0 Å². The standard InChI is InChI=1S/C10H14O2.C3H8O2S/c1-10(2,3)8-6-7(11)4-5-9(8)12;4-1-3(5)2-6/h4-6,11-12H,1-3H3;3-6H,1-2H2. The smallest absolute Gasteiger partial charge is 0.119 e. The monoisotopic (exact) mass is 274 g/mol. The molecule has 1 atom stereocenters. The summed E-state index contributed by atoms with van der Waals surface area (Å²) in [5.74, 6) is 0.759. The zero-order valence-corrected chi connectivity index (χ0v) is 11.9. The van der Waals surface area contributed by atoms with Gasteiger partial charge in [-0.2, -0.15) is 12.6 Å². The Balaban J connectivity index is 0.000000411. The van der Waals surface area contributed by atoms with Gasteiger partial charge >= 0.3 is 0 Å². The van der Waals surface area contributed by atoms with E-state index in [9.17, 15) is 10.2 Å². The predicted molar refractivity (Wildman–Crippen MR) is 75.4 cm³/mol. The van der Waals surface area contributed by atoms with Gasteiger partial charge < -0.3 is 20.4 Å². The lowest BCUT2D eigenvalue weighted by Gasteiger charge is -2.20. The number of aromatic hydroxyl groups is 2. The minimum Gasteiger partial charge on any atom is -0.508 e. The van der Waals surface area contributed by atoms with Gasteiger partial charge in [0.15, 0.2) is 0 Å². The molecule has 0 amide bonds. The molecule has 0 aliphatic carbocycles. The van der Waals surface area contributed by atoms with Gasteiger partial charge in [0.25, 0.3) is 0 Å². The van der Waals surface area contributed by atoms with Crippen molar-refractivity contribution in [1.29, 1.82) is 0 Å². The first kappa shape index (κ1) is 17.1. The first-order chi connectivity index (χ1) is 8.22. The van der Waals surface area contributed by atoms with Crippen molar-refractivity contribution in [3.05, 3.63) is 23.8 Å². The Morgan fingerprint density at radius 1 is 1.22 bits per heavy atom. The molecule has 0 saturated heterocycles. The molecule has 104 valence electrons. The topological polar surface area (TPSA) is 80.9 Å². The number of aliphatic hydroxyl groups is 2. The maximum absolute atomic E-state index is 9.46. The Morgan fingerprint density at radius 2 is 1.78 bits per heavy atom. The molecule has 0 fully saturated rings. The van der Waals surface area contributed by atoms with E-state index in [-0.39, 0.29) is 23.5 Å². The molecular weight excluding hydrogens is 252 g/mol. The minimum atomic E-state index is -0.645. The summed E-state index contributed by atoms with van der Waals surface area (Å²) in [6.45, 7) is 5.77. The molecule has 0 spiro atoms. The summed E-state index contributed by atoms with van der Waals surface area (Å²) in [5.41, 5.74) is 0.630. The highest BCUT2D eigenvalue weighted by Crippen LogP contribution is 2.32. The molecule has 1 aromatic carbocycles. The Kier molecular flexibility index (Phi) is 7.13. The van der Waals surface area contributed by atoms with E-state index in [0.717, 1.165) is 5.56 Å². The van der Waals surface area contributed by atoms with Crippen molar-refractivity contribution in [3.63, 3.8) is 0 Å². The van der Waals surface area contributed by atoms with Gasteiger partial charge in [0.2, 0.25) is 0 Å². The first-order valence-corrected chi connectivity index (χ1v) is 6.27. The molecule has 18 heavy (non-hydrogen) atoms. The van der Waals surface area contributed by atoms with E-state index in [1.165, 1.54) is 12.1 Å². The van der Waals surface area contributed by atoms with Crippen LogP contribution in [-0.2, 0) is 5.41 Å². The van der Waals surface area contributed by atoms with E-state index in [4.69, 9.17) is 10.2 Å². The van der Waals surface area contributed by atoms with Crippen molar-refractivity contribution < 1.29 is 20.4 Å². The summed E-state index contributed by atoms with van der Waals surface area (Å²) in [4.78, 5) is 0. The van der Waals surface area contributed by atoms with Crippen LogP contribution in [0.3, 0.4) is 0 Å². The first-order valence-electron chi connectivity index (χ1n) is 5.64. The second kappa shape index (κ2) is 7.51. The fourth-order valence-electron chi connectivity index (χ4n) is 1.18. The third-order valence-electron chi connectivity index (χ3n) is 2.21. The van der Waals surface area contributed by atoms with Crippen molar-refractivity contribution in [1.82, 2.24) is 0 Å². The molecule has 0 aliphatic rings. The molecule has 0 aromatic heterocycles. The van der Waals surface area contributed by atoms with E-state index in [1.54, 1.807) is 6.07 Å². The normalized spacial score (nSPS) is 12.6. The lowest BCUT2D eigenvalue weighted by atomic mass is 9.86. The quantitative estimate of drug-likeness (QED) is 0.420. The highest BCUT2D eigenvalue weighted by Gasteiger charge is 2.17. The summed E-state index contributed by atoms with van der Waals surface area (Å²) < 4.78 is 0. The summed E-state index contributed by atoms with van der Waals surface area (Å²) >= 11 is 3.69. The Bertz CT molecular complexity index is 356. The SMILES string of the molecule is CC(C)(C)c1cc(O)ccc1O.OCC(O)CS. The summed E-state index contributed by atoms with van der Waals surface area (Å²) in [6.07, 6.45) is -0.645. The number of rotatable bonds is 2. The van der Waals surface area contributed by atoms with Crippen molar-refractivity contribution in [3.8, 4) is 11.5 Å². The van der Waals surface area contributed by atoms with Crippen LogP contribution < -0.4 is 0 Å². The van der Waals surface area contributed by atoms with Crippen LogP contribution in [0.4, 0.5) is 0 Å². The van der Waals surface area contributed by atoms with E-state index in [0.29, 0.717) is 5.75 Å². The van der Waals surface area contributed by atoms with Gasteiger partial charge in [-0.05, 0) is 23.6 Å². The lowest BCUT2D eigenvalue weighted by molar-refractivity contribution is 0.114. The van der Waals surface area contributed by atoms with Crippen LogP contribution in [0.15, 0.2) is 18.2 Å². The van der Waals surface area contributed by atoms with Crippen molar-refractivity contribution in [2.75, 3.05) is 12.4 Å². The molecule has 0 saturated carbocycles. The number of thiol groups is 1. The molecule has 0 bridgehead atoms. The molecule has 1 aromatic rings. The van der Waals surface area contributed by atoms with Crippen LogP contribution in [0.2, 0.25) is 0 Å². The molecule has 5 heteroatoms. The summed E-state index contributed by atoms with van der Waals surface area (Å²) in [6, 6.07) is 4.58. The van der Waals surface area contributed by atoms with Crippen molar-refractivity contribution in [2.45, 2.75) is 32.3 Å². The number of hydrogen-bond donors (Lipinski definition) is 5. The molecule has 0 radical (unpaired) electrons. The second-order valence-corrected chi connectivity index (χ2v) is 5.34. The average molecular weight is 274 g/mol.